The number of nitrogens with zero attached hydrogens (tertiary/aromatic N) is 1. The molecule has 1 saturated carbocycles. The number of methoxy groups -OCH3 is 1. The molecule has 5 atom stereocenters. The smallest absolute Gasteiger partial charge is 0.406 e. The van der Waals surface area contributed by atoms with Gasteiger partial charge in [-0.05, 0) is 62.8 Å². The minimum Gasteiger partial charge on any atom is -0.453 e. The van der Waals surface area contributed by atoms with Crippen LogP contribution >= 0.6 is 11.6 Å². The highest BCUT2D eigenvalue weighted by Gasteiger charge is 2.33. The summed E-state index contributed by atoms with van der Waals surface area (Å²) < 4.78 is 10.9. The lowest BCUT2D eigenvalue weighted by Gasteiger charge is -2.38. The largest absolute Gasteiger partial charge is 0.453 e. The number of alkyl carbamates (subject to hydrolysis) is 1. The monoisotopic (exact) mass is 538 g/mol. The number of carbonyl (C=O) groups is 2. The molecular formula is C27H43ClN4O5. The topological polar surface area (TPSA) is 112 Å². The van der Waals surface area contributed by atoms with Crippen LogP contribution in [0.3, 0.4) is 0 Å². The molecule has 9 nitrogen and oxygen atoms in total. The van der Waals surface area contributed by atoms with Crippen LogP contribution < -0.4 is 16.0 Å². The molecule has 1 aromatic carbocycles. The van der Waals surface area contributed by atoms with Gasteiger partial charge in [0.1, 0.15) is 0 Å². The number of halogens is 1. The minimum absolute atomic E-state index is 0.0417. The van der Waals surface area contributed by atoms with Crippen LogP contribution in [0.5, 0.6) is 0 Å². The van der Waals surface area contributed by atoms with Crippen LogP contribution in [0.25, 0.3) is 0 Å². The number of aliphatic hydroxyl groups is 1. The van der Waals surface area contributed by atoms with Crippen molar-refractivity contribution in [1.82, 2.24) is 20.9 Å². The number of amides is 3. The second-order valence-corrected chi connectivity index (χ2v) is 10.6. The first-order valence-corrected chi connectivity index (χ1v) is 13.9. The number of hydrogen-bond donors (Lipinski definition) is 4. The number of piperidine rings is 1. The molecule has 0 aromatic heterocycles. The summed E-state index contributed by atoms with van der Waals surface area (Å²) in [7, 11) is 3.21. The van der Waals surface area contributed by atoms with Crippen molar-refractivity contribution in [2.24, 2.45) is 11.8 Å². The van der Waals surface area contributed by atoms with E-state index in [-0.39, 0.29) is 36.1 Å². The number of benzene rings is 1. The van der Waals surface area contributed by atoms with Crippen LogP contribution in [-0.2, 0) is 9.47 Å². The van der Waals surface area contributed by atoms with E-state index < -0.39 is 6.09 Å². The summed E-state index contributed by atoms with van der Waals surface area (Å²) in [5, 5.41) is 20.1. The third-order valence-corrected chi connectivity index (χ3v) is 7.67. The lowest BCUT2D eigenvalue weighted by molar-refractivity contribution is -0.00874. The fraction of sp³-hybridized carbons (Fsp3) is 0.704. The van der Waals surface area contributed by atoms with E-state index in [0.717, 1.165) is 50.5 Å². The summed E-state index contributed by atoms with van der Waals surface area (Å²) in [5.74, 6) is 0.305. The number of rotatable bonds is 11. The Labute approximate surface area is 225 Å². The number of urea groups is 1. The van der Waals surface area contributed by atoms with Crippen molar-refractivity contribution in [3.05, 3.63) is 34.9 Å². The number of hydrogen-bond acceptors (Lipinski definition) is 6. The number of nitrogens with one attached hydrogen (secondary N) is 3. The van der Waals surface area contributed by atoms with E-state index in [9.17, 15) is 14.7 Å². The number of aliphatic hydroxyl groups excluding tert-OH is 1. The molecule has 1 aliphatic carbocycles. The summed E-state index contributed by atoms with van der Waals surface area (Å²) in [4.78, 5) is 26.6. The SMILES string of the molecule is CNC[C@@H](CC1CCCCC1O)NC(=O)N1CCC[C@@H]([C@@H](OCCNC(=O)OC)c2cccc(Cl)c2)C1. The van der Waals surface area contributed by atoms with E-state index >= 15 is 0 Å². The molecule has 1 saturated heterocycles. The van der Waals surface area contributed by atoms with Crippen molar-refractivity contribution in [3.8, 4) is 0 Å². The Balaban J connectivity index is 1.63. The fourth-order valence-corrected chi connectivity index (χ4v) is 5.77. The molecule has 0 spiro atoms. The summed E-state index contributed by atoms with van der Waals surface area (Å²) in [6, 6.07) is 7.49. The average molecular weight is 539 g/mol. The Morgan fingerprint density at radius 2 is 2.03 bits per heavy atom. The van der Waals surface area contributed by atoms with Gasteiger partial charge in [-0.25, -0.2) is 9.59 Å². The van der Waals surface area contributed by atoms with Gasteiger partial charge in [0.15, 0.2) is 0 Å². The molecule has 2 unspecified atom stereocenters. The summed E-state index contributed by atoms with van der Waals surface area (Å²) >= 11 is 6.28. The zero-order chi connectivity index (χ0) is 26.6. The molecule has 37 heavy (non-hydrogen) atoms. The van der Waals surface area contributed by atoms with Gasteiger partial charge in [-0.1, -0.05) is 36.6 Å². The van der Waals surface area contributed by atoms with Crippen LogP contribution in [-0.4, -0.2) is 81.2 Å². The molecule has 208 valence electrons. The first kappa shape index (κ1) is 29.5. The maximum Gasteiger partial charge on any atom is 0.406 e. The normalized spacial score (nSPS) is 23.7. The van der Waals surface area contributed by atoms with Gasteiger partial charge in [0.25, 0.3) is 0 Å². The predicted molar refractivity (Wildman–Crippen MR) is 144 cm³/mol. The Bertz CT molecular complexity index is 860. The highest BCUT2D eigenvalue weighted by molar-refractivity contribution is 6.30. The maximum atomic E-state index is 13.3. The van der Waals surface area contributed by atoms with Crippen LogP contribution in [0.4, 0.5) is 9.59 Å². The third-order valence-electron chi connectivity index (χ3n) is 7.44. The average Bonchev–Trinajstić information content (AvgIpc) is 2.90. The van der Waals surface area contributed by atoms with E-state index in [0.29, 0.717) is 37.8 Å². The van der Waals surface area contributed by atoms with Gasteiger partial charge < -0.3 is 35.4 Å². The minimum atomic E-state index is -0.500. The van der Waals surface area contributed by atoms with Gasteiger partial charge in [-0.3, -0.25) is 0 Å². The maximum absolute atomic E-state index is 13.3. The molecule has 0 bridgehead atoms. The highest BCUT2D eigenvalue weighted by atomic mass is 35.5. The summed E-state index contributed by atoms with van der Waals surface area (Å²) in [5.41, 5.74) is 0.956. The standard InChI is InChI=1S/C27H43ClN4O5/c1-29-17-23(16-19-7-3-4-11-24(19)33)31-26(34)32-13-6-9-21(18-32)25(20-8-5-10-22(28)15-20)37-14-12-30-27(35)36-2/h5,8,10,15,19,21,23-25,29,33H,3-4,6-7,9,11-14,16-18H2,1-2H3,(H,30,35)(H,31,34)/t19?,21-,23-,24?,25+/m1/s1. The molecule has 1 aliphatic heterocycles. The zero-order valence-electron chi connectivity index (χ0n) is 22.1. The molecule has 3 rings (SSSR count). The molecule has 4 N–H and O–H groups in total. The molecule has 2 aliphatic rings. The van der Waals surface area contributed by atoms with Crippen molar-refractivity contribution < 1.29 is 24.2 Å². The molecule has 10 heteroatoms. The Morgan fingerprint density at radius 1 is 1.22 bits per heavy atom. The van der Waals surface area contributed by atoms with E-state index in [1.165, 1.54) is 7.11 Å². The van der Waals surface area contributed by atoms with Crippen LogP contribution in [0.15, 0.2) is 24.3 Å². The van der Waals surface area contributed by atoms with Crippen molar-refractivity contribution in [2.75, 3.05) is 46.9 Å². The van der Waals surface area contributed by atoms with Gasteiger partial charge in [-0.15, -0.1) is 0 Å². The second kappa shape index (κ2) is 15.4. The van der Waals surface area contributed by atoms with Gasteiger partial charge >= 0.3 is 12.1 Å². The molecular weight excluding hydrogens is 496 g/mol. The highest BCUT2D eigenvalue weighted by Crippen LogP contribution is 2.34. The van der Waals surface area contributed by atoms with Crippen molar-refractivity contribution in [1.29, 1.82) is 0 Å². The molecule has 0 radical (unpaired) electrons. The zero-order valence-corrected chi connectivity index (χ0v) is 22.8. The van der Waals surface area contributed by atoms with Crippen LogP contribution in [0.2, 0.25) is 5.02 Å². The summed E-state index contributed by atoms with van der Waals surface area (Å²) in [6.45, 7) is 2.54. The van der Waals surface area contributed by atoms with Gasteiger partial charge in [0, 0.05) is 43.2 Å². The predicted octanol–water partition coefficient (Wildman–Crippen LogP) is 3.70. The first-order chi connectivity index (χ1) is 17.9. The van der Waals surface area contributed by atoms with E-state index in [1.54, 1.807) is 0 Å². The Morgan fingerprint density at radius 3 is 2.76 bits per heavy atom. The van der Waals surface area contributed by atoms with Crippen molar-refractivity contribution in [2.45, 2.75) is 63.2 Å². The van der Waals surface area contributed by atoms with Gasteiger partial charge in [0.2, 0.25) is 0 Å². The third kappa shape index (κ3) is 9.32. The number of carbonyl (C=O) groups excluding carboxylic acids is 2. The Kier molecular flexibility index (Phi) is 12.2. The Hall–Kier alpha value is -2.07. The van der Waals surface area contributed by atoms with Gasteiger partial charge in [0.05, 0.1) is 25.9 Å². The van der Waals surface area contributed by atoms with Crippen molar-refractivity contribution >= 4 is 23.7 Å². The lowest BCUT2D eigenvalue weighted by atomic mass is 9.82. The molecule has 1 aromatic rings. The van der Waals surface area contributed by atoms with Crippen LogP contribution in [0.1, 0.15) is 56.6 Å². The second-order valence-electron chi connectivity index (χ2n) is 10.2. The van der Waals surface area contributed by atoms with E-state index in [2.05, 4.69) is 20.7 Å². The molecule has 3 amide bonds. The van der Waals surface area contributed by atoms with E-state index in [4.69, 9.17) is 16.3 Å². The number of likely N-dealkylation sites (tertiary alicyclic amines) is 1. The van der Waals surface area contributed by atoms with Crippen molar-refractivity contribution in [3.63, 3.8) is 0 Å². The molecule has 2 fully saturated rings. The number of likely N-dealkylation sites (N-methyl/N-ethyl adjacent to an activating group) is 1. The number of ether oxygens (including phenoxy) is 2. The summed E-state index contributed by atoms with van der Waals surface area (Å²) in [6.07, 6.45) is 5.57. The quantitative estimate of drug-likeness (QED) is 0.320. The van der Waals surface area contributed by atoms with Crippen LogP contribution in [0, 0.1) is 11.8 Å². The van der Waals surface area contributed by atoms with Gasteiger partial charge in [-0.2, -0.15) is 0 Å². The lowest BCUT2D eigenvalue weighted by Crippen LogP contribution is -2.52. The first-order valence-electron chi connectivity index (χ1n) is 13.5. The molecule has 1 heterocycles. The van der Waals surface area contributed by atoms with E-state index in [1.807, 2.05) is 36.2 Å². The fourth-order valence-electron chi connectivity index (χ4n) is 5.57.